The fraction of sp³-hybridized carbons (Fsp3) is 0.0345. The molecule has 0 fully saturated rings. The van der Waals surface area contributed by atoms with Gasteiger partial charge in [0.15, 0.2) is 0 Å². The van der Waals surface area contributed by atoms with Crippen LogP contribution >= 0.6 is 0 Å². The zero-order valence-electron chi connectivity index (χ0n) is 32.2. The number of hydrogen-bond acceptors (Lipinski definition) is 1. The second kappa shape index (κ2) is 12.0. The molecule has 13 rings (SSSR count). The highest BCUT2D eigenvalue weighted by Gasteiger charge is 2.52. The standard InChI is InChI=1S/C58H36O/c1-2-18-40(19-3-1)57(49-25-11-10-23-45(49)48-34-38-16-4-5-17-39(38)35-53(48)57)41-32-30-37(31-33-41)47-36-54-56(46-24-7-6-20-42(46)47)59-55-29-15-14-28-52(55)58(54)50-26-12-8-21-43(50)44-22-9-13-27-51(44)58/h1-36H. The van der Waals surface area contributed by atoms with Crippen molar-refractivity contribution in [2.24, 2.45) is 0 Å². The molecule has 1 heterocycles. The smallest absolute Gasteiger partial charge is 0.140 e. The molecule has 0 saturated heterocycles. The number of para-hydroxylation sites is 1. The van der Waals surface area contributed by atoms with Crippen molar-refractivity contribution in [3.8, 4) is 44.9 Å². The van der Waals surface area contributed by atoms with Crippen molar-refractivity contribution in [3.05, 3.63) is 263 Å². The lowest BCUT2D eigenvalue weighted by molar-refractivity contribution is 0.442. The maximum atomic E-state index is 7.04. The van der Waals surface area contributed by atoms with Gasteiger partial charge in [0.25, 0.3) is 0 Å². The molecule has 59 heavy (non-hydrogen) atoms. The minimum absolute atomic E-state index is 0.494. The van der Waals surface area contributed by atoms with E-state index >= 15 is 0 Å². The second-order valence-corrected chi connectivity index (χ2v) is 16.3. The zero-order chi connectivity index (χ0) is 38.7. The average Bonchev–Trinajstić information content (AvgIpc) is 3.76. The summed E-state index contributed by atoms with van der Waals surface area (Å²) in [4.78, 5) is 0. The largest absolute Gasteiger partial charge is 0.456 e. The fourth-order valence-electron chi connectivity index (χ4n) is 11.3. The minimum atomic E-state index is -0.548. The SMILES string of the molecule is c1ccc(C2(c3ccc(-c4cc5c(c6ccccc46)Oc4ccccc4C54c5ccccc5-c5ccccc54)cc3)c3ccccc3-c3cc4ccccc4cc32)cc1. The topological polar surface area (TPSA) is 9.23 Å². The highest BCUT2D eigenvalue weighted by molar-refractivity contribution is 6.04. The number of fused-ring (bicyclic) bond motifs is 15. The maximum Gasteiger partial charge on any atom is 0.140 e. The molecule has 0 amide bonds. The Morgan fingerprint density at radius 2 is 0.797 bits per heavy atom. The van der Waals surface area contributed by atoms with Gasteiger partial charge in [-0.1, -0.05) is 194 Å². The van der Waals surface area contributed by atoms with E-state index in [2.05, 4.69) is 218 Å². The molecular formula is C58H36O. The van der Waals surface area contributed by atoms with Gasteiger partial charge >= 0.3 is 0 Å². The molecule has 1 nitrogen and oxygen atoms in total. The van der Waals surface area contributed by atoms with E-state index in [1.54, 1.807) is 0 Å². The summed E-state index contributed by atoms with van der Waals surface area (Å²) in [6, 6.07) is 81.0. The molecule has 0 saturated carbocycles. The second-order valence-electron chi connectivity index (χ2n) is 16.3. The predicted molar refractivity (Wildman–Crippen MR) is 242 cm³/mol. The molecule has 3 aliphatic rings. The van der Waals surface area contributed by atoms with E-state index < -0.39 is 10.8 Å². The van der Waals surface area contributed by atoms with E-state index in [1.807, 2.05) is 0 Å². The summed E-state index contributed by atoms with van der Waals surface area (Å²) < 4.78 is 7.04. The number of benzene rings is 10. The van der Waals surface area contributed by atoms with Gasteiger partial charge < -0.3 is 4.74 Å². The summed E-state index contributed by atoms with van der Waals surface area (Å²) in [5.74, 6) is 1.84. The molecule has 10 aromatic carbocycles. The molecule has 0 radical (unpaired) electrons. The quantitative estimate of drug-likeness (QED) is 0.175. The predicted octanol–water partition coefficient (Wildman–Crippen LogP) is 14.5. The van der Waals surface area contributed by atoms with Crippen molar-refractivity contribution in [1.29, 1.82) is 0 Å². The van der Waals surface area contributed by atoms with Gasteiger partial charge in [-0.3, -0.25) is 0 Å². The monoisotopic (exact) mass is 748 g/mol. The molecule has 1 atom stereocenters. The Hall–Kier alpha value is -7.48. The molecule has 1 heteroatoms. The highest BCUT2D eigenvalue weighted by atomic mass is 16.5. The van der Waals surface area contributed by atoms with Crippen LogP contribution < -0.4 is 4.74 Å². The summed E-state index contributed by atoms with van der Waals surface area (Å²) in [6.45, 7) is 0. The van der Waals surface area contributed by atoms with Gasteiger partial charge in [-0.15, -0.1) is 0 Å². The van der Waals surface area contributed by atoms with E-state index in [0.29, 0.717) is 0 Å². The highest BCUT2D eigenvalue weighted by Crippen LogP contribution is 2.64. The Morgan fingerprint density at radius 3 is 1.49 bits per heavy atom. The molecule has 0 aromatic heterocycles. The van der Waals surface area contributed by atoms with Gasteiger partial charge in [-0.25, -0.2) is 0 Å². The molecule has 1 spiro atoms. The minimum Gasteiger partial charge on any atom is -0.456 e. The third-order valence-electron chi connectivity index (χ3n) is 13.6. The average molecular weight is 749 g/mol. The van der Waals surface area contributed by atoms with Crippen LogP contribution in [0.2, 0.25) is 0 Å². The molecule has 10 aromatic rings. The van der Waals surface area contributed by atoms with Crippen molar-refractivity contribution in [2.75, 3.05) is 0 Å². The van der Waals surface area contributed by atoms with E-state index in [-0.39, 0.29) is 0 Å². The molecule has 0 bridgehead atoms. The van der Waals surface area contributed by atoms with Gasteiger partial charge in [0.1, 0.15) is 11.5 Å². The first-order valence-electron chi connectivity index (χ1n) is 20.6. The Kier molecular flexibility index (Phi) is 6.64. The number of rotatable bonds is 3. The summed E-state index contributed by atoms with van der Waals surface area (Å²) >= 11 is 0. The van der Waals surface area contributed by atoms with Gasteiger partial charge in [0.05, 0.1) is 10.8 Å². The lowest BCUT2D eigenvalue weighted by atomic mass is 9.65. The normalized spacial score (nSPS) is 16.1. The first-order valence-corrected chi connectivity index (χ1v) is 20.6. The summed E-state index contributed by atoms with van der Waals surface area (Å²) in [5, 5.41) is 4.81. The van der Waals surface area contributed by atoms with Crippen molar-refractivity contribution in [3.63, 3.8) is 0 Å². The van der Waals surface area contributed by atoms with Crippen LogP contribution in [0.5, 0.6) is 11.5 Å². The van der Waals surface area contributed by atoms with Crippen LogP contribution in [-0.2, 0) is 10.8 Å². The van der Waals surface area contributed by atoms with Gasteiger partial charge in [0.2, 0.25) is 0 Å². The first kappa shape index (κ1) is 32.6. The zero-order valence-corrected chi connectivity index (χ0v) is 32.2. The van der Waals surface area contributed by atoms with E-state index in [9.17, 15) is 0 Å². The van der Waals surface area contributed by atoms with E-state index in [4.69, 9.17) is 4.74 Å². The van der Waals surface area contributed by atoms with Crippen molar-refractivity contribution in [1.82, 2.24) is 0 Å². The maximum absolute atomic E-state index is 7.04. The van der Waals surface area contributed by atoms with Crippen LogP contribution in [0.25, 0.3) is 54.9 Å². The molecule has 2 aliphatic carbocycles. The molecule has 274 valence electrons. The number of ether oxygens (including phenoxy) is 1. The van der Waals surface area contributed by atoms with Gasteiger partial charge in [0, 0.05) is 16.5 Å². The van der Waals surface area contributed by atoms with Crippen LogP contribution in [-0.4, -0.2) is 0 Å². The van der Waals surface area contributed by atoms with Crippen LogP contribution in [0.1, 0.15) is 44.5 Å². The summed E-state index contributed by atoms with van der Waals surface area (Å²) in [7, 11) is 0. The number of hydrogen-bond donors (Lipinski definition) is 0. The van der Waals surface area contributed by atoms with Crippen LogP contribution in [0.15, 0.2) is 218 Å². The first-order chi connectivity index (χ1) is 29.3. The molecule has 0 N–H and O–H groups in total. The van der Waals surface area contributed by atoms with Crippen LogP contribution in [0.3, 0.4) is 0 Å². The van der Waals surface area contributed by atoms with Crippen LogP contribution in [0, 0.1) is 0 Å². The molecular weight excluding hydrogens is 713 g/mol. The van der Waals surface area contributed by atoms with Crippen molar-refractivity contribution >= 4 is 21.5 Å². The molecule has 1 unspecified atom stereocenters. The lowest BCUT2D eigenvalue weighted by Crippen LogP contribution is -2.32. The fourth-order valence-corrected chi connectivity index (χ4v) is 11.3. The Morgan fingerprint density at radius 1 is 0.288 bits per heavy atom. The summed E-state index contributed by atoms with van der Waals surface area (Å²) in [5.41, 5.74) is 16.6. The van der Waals surface area contributed by atoms with E-state index in [0.717, 1.165) is 16.9 Å². The van der Waals surface area contributed by atoms with Crippen molar-refractivity contribution in [2.45, 2.75) is 10.8 Å². The third kappa shape index (κ3) is 4.19. The van der Waals surface area contributed by atoms with Gasteiger partial charge in [-0.2, -0.15) is 0 Å². The van der Waals surface area contributed by atoms with E-state index in [1.165, 1.54) is 94.0 Å². The van der Waals surface area contributed by atoms with Crippen LogP contribution in [0.4, 0.5) is 0 Å². The Labute approximate surface area is 343 Å². The van der Waals surface area contributed by atoms with Crippen molar-refractivity contribution < 1.29 is 4.74 Å². The Balaban J connectivity index is 1.07. The lowest BCUT2D eigenvalue weighted by Gasteiger charge is -2.40. The Bertz CT molecular complexity index is 3310. The third-order valence-corrected chi connectivity index (χ3v) is 13.6. The molecule has 1 aliphatic heterocycles. The van der Waals surface area contributed by atoms with Gasteiger partial charge in [-0.05, 0) is 107 Å². The summed E-state index contributed by atoms with van der Waals surface area (Å²) in [6.07, 6.45) is 0.